The summed E-state index contributed by atoms with van der Waals surface area (Å²) in [4.78, 5) is 11.8. The predicted octanol–water partition coefficient (Wildman–Crippen LogP) is 2.71. The third-order valence-electron chi connectivity index (χ3n) is 4.43. The summed E-state index contributed by atoms with van der Waals surface area (Å²) in [6, 6.07) is 8.87. The zero-order valence-corrected chi connectivity index (χ0v) is 15.1. The maximum Gasteiger partial charge on any atom is 0.251 e. The van der Waals surface area contributed by atoms with Gasteiger partial charge in [-0.15, -0.1) is 0 Å². The van der Waals surface area contributed by atoms with Gasteiger partial charge in [0.05, 0.1) is 20.3 Å². The Bertz CT molecular complexity index is 844. The van der Waals surface area contributed by atoms with E-state index < -0.39 is 5.41 Å². The Morgan fingerprint density at radius 2 is 1.88 bits per heavy atom. The van der Waals surface area contributed by atoms with Crippen LogP contribution in [0.5, 0.6) is 17.2 Å². The summed E-state index contributed by atoms with van der Waals surface area (Å²) >= 11 is 0. The van der Waals surface area contributed by atoms with Gasteiger partial charge in [-0.1, -0.05) is 19.9 Å². The lowest BCUT2D eigenvalue weighted by Gasteiger charge is -2.24. The van der Waals surface area contributed by atoms with E-state index in [1.54, 1.807) is 18.2 Å². The fraction of sp³-hybridized carbons (Fsp3) is 0.350. The number of aromatic hydroxyl groups is 1. The zero-order chi connectivity index (χ0) is 18.9. The number of phenolic OH excluding ortho intramolecular Hbond substituents is 1. The molecule has 0 unspecified atom stereocenters. The van der Waals surface area contributed by atoms with Gasteiger partial charge in [0.25, 0.3) is 5.91 Å². The van der Waals surface area contributed by atoms with Crippen LogP contribution in [0.15, 0.2) is 30.3 Å². The summed E-state index contributed by atoms with van der Waals surface area (Å²) < 4.78 is 11.3. The average molecular weight is 357 g/mol. The topological polar surface area (TPSA) is 88.0 Å². The van der Waals surface area contributed by atoms with E-state index >= 15 is 0 Å². The van der Waals surface area contributed by atoms with E-state index in [-0.39, 0.29) is 30.6 Å². The molecule has 0 atom stereocenters. The van der Waals surface area contributed by atoms with Crippen molar-refractivity contribution in [2.24, 2.45) is 5.41 Å². The molecule has 0 spiro atoms. The normalized spacial score (nSPS) is 13.3. The number of methoxy groups -OCH3 is 1. The Morgan fingerprint density at radius 3 is 2.58 bits per heavy atom. The third-order valence-corrected chi connectivity index (χ3v) is 4.43. The molecule has 0 saturated heterocycles. The second kappa shape index (κ2) is 6.88. The Labute approximate surface area is 152 Å². The predicted molar refractivity (Wildman–Crippen MR) is 97.6 cm³/mol. The molecular formula is C20H23NO5. The Hall–Kier alpha value is -2.73. The van der Waals surface area contributed by atoms with Gasteiger partial charge in [-0.2, -0.15) is 0 Å². The number of phenols is 1. The number of benzene rings is 2. The van der Waals surface area contributed by atoms with Crippen molar-refractivity contribution in [1.29, 1.82) is 0 Å². The van der Waals surface area contributed by atoms with E-state index in [0.717, 1.165) is 16.7 Å². The Balaban J connectivity index is 2.05. The summed E-state index contributed by atoms with van der Waals surface area (Å²) in [5, 5.41) is 22.4. The lowest BCUT2D eigenvalue weighted by Crippen LogP contribution is -2.25. The van der Waals surface area contributed by atoms with Crippen molar-refractivity contribution in [2.75, 3.05) is 20.3 Å². The SMILES string of the molecule is COc1c(O)ccc(-c2ccc3c(c2)CNC3=O)c1OCC(C)(C)CO. The van der Waals surface area contributed by atoms with Crippen LogP contribution in [-0.2, 0) is 6.54 Å². The van der Waals surface area contributed by atoms with Crippen LogP contribution in [-0.4, -0.2) is 36.4 Å². The van der Waals surface area contributed by atoms with Gasteiger partial charge in [0.2, 0.25) is 5.75 Å². The quantitative estimate of drug-likeness (QED) is 0.740. The summed E-state index contributed by atoms with van der Waals surface area (Å²) in [6.07, 6.45) is 0. The summed E-state index contributed by atoms with van der Waals surface area (Å²) in [5.74, 6) is 0.555. The molecule has 0 fully saturated rings. The van der Waals surface area contributed by atoms with Crippen molar-refractivity contribution in [1.82, 2.24) is 5.32 Å². The number of hydrogen-bond acceptors (Lipinski definition) is 5. The van der Waals surface area contributed by atoms with Crippen LogP contribution in [0, 0.1) is 5.41 Å². The smallest absolute Gasteiger partial charge is 0.251 e. The molecule has 6 heteroatoms. The molecular weight excluding hydrogens is 334 g/mol. The maximum absolute atomic E-state index is 11.8. The molecule has 138 valence electrons. The van der Waals surface area contributed by atoms with Crippen molar-refractivity contribution in [2.45, 2.75) is 20.4 Å². The minimum absolute atomic E-state index is 0.0222. The van der Waals surface area contributed by atoms with Gasteiger partial charge < -0.3 is 25.0 Å². The van der Waals surface area contributed by atoms with E-state index in [9.17, 15) is 15.0 Å². The molecule has 0 aliphatic carbocycles. The summed E-state index contributed by atoms with van der Waals surface area (Å²) in [6.45, 7) is 4.48. The molecule has 1 heterocycles. The lowest BCUT2D eigenvalue weighted by atomic mass is 9.96. The first-order valence-corrected chi connectivity index (χ1v) is 8.41. The number of fused-ring (bicyclic) bond motifs is 1. The minimum atomic E-state index is -0.442. The van der Waals surface area contributed by atoms with Gasteiger partial charge in [-0.25, -0.2) is 0 Å². The van der Waals surface area contributed by atoms with Crippen LogP contribution in [0.3, 0.4) is 0 Å². The highest BCUT2D eigenvalue weighted by Crippen LogP contribution is 2.45. The second-order valence-corrected chi connectivity index (χ2v) is 7.16. The monoisotopic (exact) mass is 357 g/mol. The van der Waals surface area contributed by atoms with Crippen molar-refractivity contribution >= 4 is 5.91 Å². The first kappa shape index (κ1) is 18.1. The van der Waals surface area contributed by atoms with Crippen LogP contribution >= 0.6 is 0 Å². The Kier molecular flexibility index (Phi) is 4.78. The van der Waals surface area contributed by atoms with Gasteiger partial charge in [0, 0.05) is 23.1 Å². The van der Waals surface area contributed by atoms with E-state index in [0.29, 0.717) is 17.9 Å². The van der Waals surface area contributed by atoms with Gasteiger partial charge in [0.1, 0.15) is 0 Å². The number of hydrogen-bond donors (Lipinski definition) is 3. The standard InChI is InChI=1S/C20H23NO5/c1-20(2,10-22)11-26-17-14(6-7-16(23)18(17)25-3)12-4-5-15-13(8-12)9-21-19(15)24/h4-8,22-23H,9-11H2,1-3H3,(H,21,24). The van der Waals surface area contributed by atoms with E-state index in [1.807, 2.05) is 26.0 Å². The third kappa shape index (κ3) is 3.32. The molecule has 2 aromatic carbocycles. The molecule has 1 aliphatic heterocycles. The van der Waals surface area contributed by atoms with Crippen LogP contribution in [0.2, 0.25) is 0 Å². The van der Waals surface area contributed by atoms with Crippen molar-refractivity contribution in [3.05, 3.63) is 41.5 Å². The molecule has 1 aliphatic rings. The maximum atomic E-state index is 11.8. The molecule has 3 rings (SSSR count). The second-order valence-electron chi connectivity index (χ2n) is 7.16. The van der Waals surface area contributed by atoms with Gasteiger partial charge in [-0.05, 0) is 35.4 Å². The number of aliphatic hydroxyl groups excluding tert-OH is 1. The molecule has 1 amide bonds. The summed E-state index contributed by atoms with van der Waals surface area (Å²) in [5.41, 5.74) is 2.75. The number of carbonyl (C=O) groups excluding carboxylic acids is 1. The fourth-order valence-electron chi connectivity index (χ4n) is 2.83. The van der Waals surface area contributed by atoms with Gasteiger partial charge in [-0.3, -0.25) is 4.79 Å². The molecule has 3 N–H and O–H groups in total. The zero-order valence-electron chi connectivity index (χ0n) is 15.1. The van der Waals surface area contributed by atoms with Crippen LogP contribution in [0.25, 0.3) is 11.1 Å². The average Bonchev–Trinajstić information content (AvgIpc) is 3.00. The first-order valence-electron chi connectivity index (χ1n) is 8.41. The highest BCUT2D eigenvalue weighted by atomic mass is 16.5. The van der Waals surface area contributed by atoms with Crippen molar-refractivity contribution < 1.29 is 24.5 Å². The lowest BCUT2D eigenvalue weighted by molar-refractivity contribution is 0.0959. The Morgan fingerprint density at radius 1 is 1.15 bits per heavy atom. The number of aliphatic hydroxyl groups is 1. The molecule has 2 aromatic rings. The van der Waals surface area contributed by atoms with Crippen LogP contribution < -0.4 is 14.8 Å². The largest absolute Gasteiger partial charge is 0.504 e. The number of ether oxygens (including phenoxy) is 2. The number of rotatable bonds is 6. The minimum Gasteiger partial charge on any atom is -0.504 e. The van der Waals surface area contributed by atoms with Crippen molar-refractivity contribution in [3.8, 4) is 28.4 Å². The van der Waals surface area contributed by atoms with E-state index in [1.165, 1.54) is 7.11 Å². The number of carbonyl (C=O) groups is 1. The van der Waals surface area contributed by atoms with E-state index in [2.05, 4.69) is 5.32 Å². The summed E-state index contributed by atoms with van der Waals surface area (Å²) in [7, 11) is 1.47. The molecule has 26 heavy (non-hydrogen) atoms. The van der Waals surface area contributed by atoms with E-state index in [4.69, 9.17) is 9.47 Å². The number of nitrogens with one attached hydrogen (secondary N) is 1. The van der Waals surface area contributed by atoms with Gasteiger partial charge >= 0.3 is 0 Å². The molecule has 0 bridgehead atoms. The van der Waals surface area contributed by atoms with Crippen molar-refractivity contribution in [3.63, 3.8) is 0 Å². The van der Waals surface area contributed by atoms with Crippen LogP contribution in [0.4, 0.5) is 0 Å². The molecule has 0 aromatic heterocycles. The van der Waals surface area contributed by atoms with Crippen LogP contribution in [0.1, 0.15) is 29.8 Å². The highest BCUT2D eigenvalue weighted by molar-refractivity contribution is 5.99. The fourth-order valence-corrected chi connectivity index (χ4v) is 2.83. The first-order chi connectivity index (χ1) is 12.4. The van der Waals surface area contributed by atoms with Gasteiger partial charge in [0.15, 0.2) is 11.5 Å². The molecule has 0 saturated carbocycles. The number of amides is 1. The molecule has 0 radical (unpaired) electrons. The molecule has 6 nitrogen and oxygen atoms in total. The highest BCUT2D eigenvalue weighted by Gasteiger charge is 2.24.